The average Bonchev–Trinajstić information content (AvgIpc) is 3.35. The molecule has 1 fully saturated rings. The number of hydrogen-bond donors (Lipinski definition) is 1. The Hall–Kier alpha value is -2.71. The van der Waals surface area contributed by atoms with Crippen LogP contribution in [-0.4, -0.2) is 39.4 Å². The van der Waals surface area contributed by atoms with Crippen LogP contribution in [0.15, 0.2) is 29.3 Å². The molecule has 1 N–H and O–H groups in total. The summed E-state index contributed by atoms with van der Waals surface area (Å²) in [6, 6.07) is 5.23. The Morgan fingerprint density at radius 2 is 1.97 bits per heavy atom. The number of benzene rings is 1. The minimum absolute atomic E-state index is 0.0482. The molecular weight excluding hydrogens is 424 g/mol. The molecule has 2 aromatic heterocycles. The van der Waals surface area contributed by atoms with E-state index in [1.54, 1.807) is 19.1 Å². The zero-order valence-electron chi connectivity index (χ0n) is 16.7. The highest BCUT2D eigenvalue weighted by Gasteiger charge is 2.25. The summed E-state index contributed by atoms with van der Waals surface area (Å²) in [6.07, 6.45) is 3.36. The molecule has 0 atom stereocenters. The number of likely N-dealkylation sites (tertiary alicyclic amines) is 1. The molecule has 0 spiro atoms. The van der Waals surface area contributed by atoms with E-state index >= 15 is 0 Å². The first-order chi connectivity index (χ1) is 14.3. The predicted octanol–water partition coefficient (Wildman–Crippen LogP) is 3.60. The standard InChI is InChI=1S/C21H21ClN4O3S/c1-12-5-6-14(9-15(12)22)24-16(27)10-26-11-23-19-17(20(26)28)13(2)18(30-19)21(29)25-7-3-4-8-25/h5-6,9,11H,3-4,7-8,10H2,1-2H3,(H,24,27). The number of amides is 2. The van der Waals surface area contributed by atoms with Crippen molar-refractivity contribution < 1.29 is 9.59 Å². The van der Waals surface area contributed by atoms with Crippen molar-refractivity contribution in [1.82, 2.24) is 14.5 Å². The van der Waals surface area contributed by atoms with Crippen LogP contribution in [0.3, 0.4) is 0 Å². The summed E-state index contributed by atoms with van der Waals surface area (Å²) in [5.74, 6) is -0.410. The van der Waals surface area contributed by atoms with Crippen molar-refractivity contribution in [3.63, 3.8) is 0 Å². The zero-order valence-corrected chi connectivity index (χ0v) is 18.3. The second kappa shape index (κ2) is 8.20. The third kappa shape index (κ3) is 3.85. The molecule has 0 unspecified atom stereocenters. The maximum Gasteiger partial charge on any atom is 0.264 e. The molecule has 1 aliphatic heterocycles. The normalized spacial score (nSPS) is 13.8. The number of thiophene rings is 1. The lowest BCUT2D eigenvalue weighted by molar-refractivity contribution is -0.116. The van der Waals surface area contributed by atoms with Gasteiger partial charge in [-0.25, -0.2) is 4.98 Å². The molecule has 1 aromatic carbocycles. The lowest BCUT2D eigenvalue weighted by Crippen LogP contribution is -2.28. The Labute approximate surface area is 182 Å². The molecule has 0 saturated carbocycles. The highest BCUT2D eigenvalue weighted by molar-refractivity contribution is 7.20. The number of halogens is 1. The van der Waals surface area contributed by atoms with E-state index < -0.39 is 0 Å². The number of carbonyl (C=O) groups excluding carboxylic acids is 2. The molecule has 0 radical (unpaired) electrons. The molecule has 156 valence electrons. The Morgan fingerprint density at radius 1 is 1.23 bits per heavy atom. The number of anilines is 1. The molecule has 3 aromatic rings. The molecule has 1 aliphatic rings. The number of rotatable bonds is 4. The topological polar surface area (TPSA) is 84.3 Å². The maximum absolute atomic E-state index is 13.0. The highest BCUT2D eigenvalue weighted by atomic mass is 35.5. The average molecular weight is 445 g/mol. The van der Waals surface area contributed by atoms with E-state index in [4.69, 9.17) is 11.6 Å². The van der Waals surface area contributed by atoms with Crippen molar-refractivity contribution >= 4 is 50.7 Å². The van der Waals surface area contributed by atoms with E-state index in [1.807, 2.05) is 17.9 Å². The fourth-order valence-corrected chi connectivity index (χ4v) is 4.85. The van der Waals surface area contributed by atoms with Gasteiger partial charge in [-0.3, -0.25) is 19.0 Å². The van der Waals surface area contributed by atoms with Gasteiger partial charge in [-0.15, -0.1) is 11.3 Å². The first-order valence-electron chi connectivity index (χ1n) is 9.69. The zero-order chi connectivity index (χ0) is 21.4. The lowest BCUT2D eigenvalue weighted by atomic mass is 10.2. The molecule has 2 amide bonds. The molecule has 4 rings (SSSR count). The highest BCUT2D eigenvalue weighted by Crippen LogP contribution is 2.29. The molecule has 7 nitrogen and oxygen atoms in total. The minimum atomic E-state index is -0.362. The number of carbonyl (C=O) groups is 2. The van der Waals surface area contributed by atoms with Crippen molar-refractivity contribution in [3.05, 3.63) is 55.9 Å². The summed E-state index contributed by atoms with van der Waals surface area (Å²) in [6.45, 7) is 4.95. The van der Waals surface area contributed by atoms with Crippen molar-refractivity contribution in [3.8, 4) is 0 Å². The van der Waals surface area contributed by atoms with Gasteiger partial charge in [-0.05, 0) is 49.9 Å². The Morgan fingerprint density at radius 3 is 2.67 bits per heavy atom. The SMILES string of the molecule is Cc1ccc(NC(=O)Cn2cnc3sc(C(=O)N4CCCC4)c(C)c3c2=O)cc1Cl. The van der Waals surface area contributed by atoms with Crippen LogP contribution in [0.1, 0.15) is 33.6 Å². The van der Waals surface area contributed by atoms with E-state index in [2.05, 4.69) is 10.3 Å². The third-order valence-corrected chi connectivity index (χ3v) is 6.87. The Kier molecular flexibility index (Phi) is 5.62. The van der Waals surface area contributed by atoms with Gasteiger partial charge < -0.3 is 10.2 Å². The van der Waals surface area contributed by atoms with Crippen molar-refractivity contribution in [2.24, 2.45) is 0 Å². The summed E-state index contributed by atoms with van der Waals surface area (Å²) in [7, 11) is 0. The summed E-state index contributed by atoms with van der Waals surface area (Å²) in [5.41, 5.74) is 1.77. The van der Waals surface area contributed by atoms with Gasteiger partial charge in [0.25, 0.3) is 11.5 Å². The fraction of sp³-hybridized carbons (Fsp3) is 0.333. The van der Waals surface area contributed by atoms with Crippen molar-refractivity contribution in [1.29, 1.82) is 0 Å². The van der Waals surface area contributed by atoms with Gasteiger partial charge in [0.1, 0.15) is 11.4 Å². The van der Waals surface area contributed by atoms with E-state index in [1.165, 1.54) is 22.2 Å². The maximum atomic E-state index is 13.0. The molecule has 0 bridgehead atoms. The molecular formula is C21H21ClN4O3S. The number of aromatic nitrogens is 2. The second-order valence-corrected chi connectivity index (χ2v) is 8.83. The molecule has 30 heavy (non-hydrogen) atoms. The molecule has 0 aliphatic carbocycles. The van der Waals surface area contributed by atoms with E-state index in [0.29, 0.717) is 31.4 Å². The molecule has 3 heterocycles. The van der Waals surface area contributed by atoms with Gasteiger partial charge in [0.2, 0.25) is 5.91 Å². The second-order valence-electron chi connectivity index (χ2n) is 7.43. The van der Waals surface area contributed by atoms with Crippen molar-refractivity contribution in [2.75, 3.05) is 18.4 Å². The minimum Gasteiger partial charge on any atom is -0.338 e. The van der Waals surface area contributed by atoms with Crippen LogP contribution in [-0.2, 0) is 11.3 Å². The lowest BCUT2D eigenvalue weighted by Gasteiger charge is -2.14. The molecule has 1 saturated heterocycles. The summed E-state index contributed by atoms with van der Waals surface area (Å²) in [4.78, 5) is 45.4. The monoisotopic (exact) mass is 444 g/mol. The first kappa shape index (κ1) is 20.6. The summed E-state index contributed by atoms with van der Waals surface area (Å²) in [5, 5.41) is 3.69. The summed E-state index contributed by atoms with van der Waals surface area (Å²) >= 11 is 7.33. The smallest absolute Gasteiger partial charge is 0.264 e. The fourth-order valence-electron chi connectivity index (χ4n) is 3.57. The predicted molar refractivity (Wildman–Crippen MR) is 119 cm³/mol. The number of nitrogens with one attached hydrogen (secondary N) is 1. The van der Waals surface area contributed by atoms with Crippen LogP contribution in [0.25, 0.3) is 10.2 Å². The van der Waals surface area contributed by atoms with Gasteiger partial charge in [-0.2, -0.15) is 0 Å². The van der Waals surface area contributed by atoms with Gasteiger partial charge in [0.05, 0.1) is 16.6 Å². The Balaban J connectivity index is 1.59. The Bertz CT molecular complexity index is 1210. The van der Waals surface area contributed by atoms with Crippen LogP contribution in [0, 0.1) is 13.8 Å². The number of fused-ring (bicyclic) bond motifs is 1. The van der Waals surface area contributed by atoms with Crippen LogP contribution in [0.5, 0.6) is 0 Å². The first-order valence-corrected chi connectivity index (χ1v) is 10.9. The van der Waals surface area contributed by atoms with Crippen molar-refractivity contribution in [2.45, 2.75) is 33.2 Å². The van der Waals surface area contributed by atoms with E-state index in [9.17, 15) is 14.4 Å². The summed E-state index contributed by atoms with van der Waals surface area (Å²) < 4.78 is 1.26. The van der Waals surface area contributed by atoms with Crippen LogP contribution < -0.4 is 10.9 Å². The van der Waals surface area contributed by atoms with E-state index in [-0.39, 0.29) is 23.9 Å². The van der Waals surface area contributed by atoms with Gasteiger partial charge in [0.15, 0.2) is 0 Å². The van der Waals surface area contributed by atoms with Crippen LogP contribution >= 0.6 is 22.9 Å². The number of hydrogen-bond acceptors (Lipinski definition) is 5. The van der Waals surface area contributed by atoms with Crippen LogP contribution in [0.2, 0.25) is 5.02 Å². The van der Waals surface area contributed by atoms with Gasteiger partial charge >= 0.3 is 0 Å². The molecule has 9 heteroatoms. The largest absolute Gasteiger partial charge is 0.338 e. The van der Waals surface area contributed by atoms with Gasteiger partial charge in [-0.1, -0.05) is 17.7 Å². The quantitative estimate of drug-likeness (QED) is 0.666. The van der Waals surface area contributed by atoms with Crippen LogP contribution in [0.4, 0.5) is 5.69 Å². The number of nitrogens with zero attached hydrogens (tertiary/aromatic N) is 3. The van der Waals surface area contributed by atoms with E-state index in [0.717, 1.165) is 31.5 Å². The third-order valence-electron chi connectivity index (χ3n) is 5.27. The van der Waals surface area contributed by atoms with Gasteiger partial charge in [0, 0.05) is 23.8 Å². The number of aryl methyl sites for hydroxylation is 2.